The minimum absolute atomic E-state index is 0.108. The highest BCUT2D eigenvalue weighted by molar-refractivity contribution is 5.97. The van der Waals surface area contributed by atoms with Gasteiger partial charge in [-0.05, 0) is 62.4 Å². The van der Waals surface area contributed by atoms with Gasteiger partial charge in [0.05, 0.1) is 5.52 Å². The van der Waals surface area contributed by atoms with E-state index in [-0.39, 0.29) is 24.2 Å². The lowest BCUT2D eigenvalue weighted by molar-refractivity contribution is -0.122. The van der Waals surface area contributed by atoms with Crippen LogP contribution in [0.5, 0.6) is 0 Å². The number of amides is 1. The van der Waals surface area contributed by atoms with E-state index in [0.29, 0.717) is 5.52 Å². The Kier molecular flexibility index (Phi) is 6.64. The first-order valence-electron chi connectivity index (χ1n) is 10.8. The van der Waals surface area contributed by atoms with E-state index in [1.165, 1.54) is 0 Å². The van der Waals surface area contributed by atoms with Crippen LogP contribution in [-0.4, -0.2) is 29.5 Å². The molecule has 0 saturated carbocycles. The van der Waals surface area contributed by atoms with Gasteiger partial charge in [0.2, 0.25) is 0 Å². The zero-order valence-corrected chi connectivity index (χ0v) is 18.6. The second kappa shape index (κ2) is 9.96. The Balaban J connectivity index is 1.41. The van der Waals surface area contributed by atoms with Gasteiger partial charge in [0.1, 0.15) is 5.69 Å². The van der Waals surface area contributed by atoms with Crippen LogP contribution in [0.15, 0.2) is 91.0 Å². The summed E-state index contributed by atoms with van der Waals surface area (Å²) in [5.74, 6) is -0.928. The first-order valence-corrected chi connectivity index (χ1v) is 10.8. The number of carbonyl (C=O) groups is 2. The van der Waals surface area contributed by atoms with Crippen molar-refractivity contribution in [2.45, 2.75) is 19.9 Å². The number of anilines is 3. The average molecular weight is 440 g/mol. The highest BCUT2D eigenvalue weighted by Gasteiger charge is 2.21. The highest BCUT2D eigenvalue weighted by atomic mass is 16.5. The van der Waals surface area contributed by atoms with Gasteiger partial charge in [0.25, 0.3) is 5.91 Å². The third-order valence-corrected chi connectivity index (χ3v) is 5.13. The van der Waals surface area contributed by atoms with Crippen LogP contribution in [0.2, 0.25) is 0 Å². The number of esters is 1. The van der Waals surface area contributed by atoms with Gasteiger partial charge in [0.15, 0.2) is 6.61 Å². The summed E-state index contributed by atoms with van der Waals surface area (Å²) >= 11 is 0. The molecule has 4 aromatic rings. The normalized spacial score (nSPS) is 10.8. The number of pyridine rings is 1. The highest BCUT2D eigenvalue weighted by Crippen LogP contribution is 2.23. The maximum Gasteiger partial charge on any atom is 0.357 e. The monoisotopic (exact) mass is 439 g/mol. The molecule has 0 atom stereocenters. The summed E-state index contributed by atoms with van der Waals surface area (Å²) in [6.07, 6.45) is 0. The molecule has 0 aliphatic rings. The lowest BCUT2D eigenvalue weighted by Gasteiger charge is -2.27. The second-order valence-electron chi connectivity index (χ2n) is 7.86. The summed E-state index contributed by atoms with van der Waals surface area (Å²) in [5.41, 5.74) is 3.50. The Labute approximate surface area is 192 Å². The smallest absolute Gasteiger partial charge is 0.357 e. The van der Waals surface area contributed by atoms with Crippen LogP contribution in [0.4, 0.5) is 17.1 Å². The Hall–Kier alpha value is -4.19. The third kappa shape index (κ3) is 5.36. The fourth-order valence-electron chi connectivity index (χ4n) is 3.57. The van der Waals surface area contributed by atoms with Crippen LogP contribution in [0.25, 0.3) is 10.9 Å². The number of ether oxygens (including phenoxy) is 1. The van der Waals surface area contributed by atoms with Gasteiger partial charge in [-0.2, -0.15) is 0 Å². The van der Waals surface area contributed by atoms with Gasteiger partial charge in [0, 0.05) is 28.5 Å². The molecule has 0 saturated heterocycles. The van der Waals surface area contributed by atoms with E-state index in [2.05, 4.69) is 10.3 Å². The molecule has 0 bridgehead atoms. The molecule has 1 heterocycles. The van der Waals surface area contributed by atoms with Gasteiger partial charge in [-0.3, -0.25) is 4.79 Å². The molecule has 4 rings (SSSR count). The van der Waals surface area contributed by atoms with Crippen LogP contribution >= 0.6 is 0 Å². The molecule has 3 aromatic carbocycles. The summed E-state index contributed by atoms with van der Waals surface area (Å²) in [4.78, 5) is 31.3. The van der Waals surface area contributed by atoms with Crippen LogP contribution in [-0.2, 0) is 9.53 Å². The minimum Gasteiger partial charge on any atom is -0.451 e. The maximum absolute atomic E-state index is 12.9. The van der Waals surface area contributed by atoms with Crippen molar-refractivity contribution in [1.82, 2.24) is 4.98 Å². The van der Waals surface area contributed by atoms with Crippen molar-refractivity contribution in [1.29, 1.82) is 0 Å². The number of hydrogen-bond donors (Lipinski definition) is 1. The van der Waals surface area contributed by atoms with Crippen molar-refractivity contribution >= 4 is 39.8 Å². The molecule has 1 aromatic heterocycles. The molecule has 6 nitrogen and oxygen atoms in total. The minimum atomic E-state index is -0.625. The number of rotatable bonds is 7. The molecular formula is C27H25N3O3. The fraction of sp³-hybridized carbons (Fsp3) is 0.148. The van der Waals surface area contributed by atoms with Crippen LogP contribution in [0, 0.1) is 0 Å². The molecule has 33 heavy (non-hydrogen) atoms. The Morgan fingerprint density at radius 3 is 2.24 bits per heavy atom. The lowest BCUT2D eigenvalue weighted by Crippen LogP contribution is -2.40. The number of nitrogens with zero attached hydrogens (tertiary/aromatic N) is 2. The van der Waals surface area contributed by atoms with E-state index in [0.717, 1.165) is 22.4 Å². The average Bonchev–Trinajstić information content (AvgIpc) is 2.84. The van der Waals surface area contributed by atoms with Gasteiger partial charge >= 0.3 is 5.97 Å². The molecule has 1 N–H and O–H groups in total. The maximum atomic E-state index is 12.9. The zero-order chi connectivity index (χ0) is 23.2. The number of fused-ring (bicyclic) bond motifs is 1. The molecule has 166 valence electrons. The van der Waals surface area contributed by atoms with Crippen LogP contribution in [0.1, 0.15) is 24.3 Å². The van der Waals surface area contributed by atoms with Gasteiger partial charge in [-0.1, -0.05) is 42.5 Å². The molecule has 6 heteroatoms. The van der Waals surface area contributed by atoms with Gasteiger partial charge in [-0.15, -0.1) is 0 Å². The van der Waals surface area contributed by atoms with E-state index in [9.17, 15) is 9.59 Å². The quantitative estimate of drug-likeness (QED) is 0.381. The molecule has 0 aliphatic carbocycles. The SMILES string of the molecule is CC(C)N(C(=O)COC(=O)c1ccc2ccccc2n1)c1ccc(Nc2ccccc2)cc1. The van der Waals surface area contributed by atoms with Crippen molar-refractivity contribution in [3.05, 3.63) is 96.7 Å². The van der Waals surface area contributed by atoms with E-state index in [1.807, 2.05) is 98.8 Å². The molecule has 0 unspecified atom stereocenters. The molecule has 0 radical (unpaired) electrons. The first kappa shape index (κ1) is 22.0. The summed E-state index contributed by atoms with van der Waals surface area (Å²) in [6, 6.07) is 28.2. The van der Waals surface area contributed by atoms with E-state index in [1.54, 1.807) is 11.0 Å². The summed E-state index contributed by atoms with van der Waals surface area (Å²) in [6.45, 7) is 3.47. The predicted octanol–water partition coefficient (Wildman–Crippen LogP) is 5.58. The lowest BCUT2D eigenvalue weighted by atomic mass is 10.2. The Morgan fingerprint density at radius 1 is 0.848 bits per heavy atom. The predicted molar refractivity (Wildman–Crippen MR) is 131 cm³/mol. The number of carbonyl (C=O) groups excluding carboxylic acids is 2. The van der Waals surface area contributed by atoms with E-state index < -0.39 is 5.97 Å². The van der Waals surface area contributed by atoms with Crippen molar-refractivity contribution < 1.29 is 14.3 Å². The zero-order valence-electron chi connectivity index (χ0n) is 18.6. The van der Waals surface area contributed by atoms with Crippen molar-refractivity contribution in [2.24, 2.45) is 0 Å². The molecule has 1 amide bonds. The fourth-order valence-corrected chi connectivity index (χ4v) is 3.57. The van der Waals surface area contributed by atoms with Crippen molar-refractivity contribution in [2.75, 3.05) is 16.8 Å². The standard InChI is InChI=1S/C27H25N3O3/c1-19(2)30(23-15-13-22(14-16-23)28-21-9-4-3-5-10-21)26(31)18-33-27(32)25-17-12-20-8-6-7-11-24(20)29-25/h3-17,19,28H,18H2,1-2H3. The second-order valence-corrected chi connectivity index (χ2v) is 7.86. The summed E-state index contributed by atoms with van der Waals surface area (Å²) in [7, 11) is 0. The van der Waals surface area contributed by atoms with Crippen LogP contribution in [0.3, 0.4) is 0 Å². The van der Waals surface area contributed by atoms with E-state index in [4.69, 9.17) is 4.74 Å². The number of aromatic nitrogens is 1. The number of benzene rings is 3. The van der Waals surface area contributed by atoms with E-state index >= 15 is 0 Å². The molecular weight excluding hydrogens is 414 g/mol. The van der Waals surface area contributed by atoms with Crippen LogP contribution < -0.4 is 10.2 Å². The number of para-hydroxylation sites is 2. The van der Waals surface area contributed by atoms with Gasteiger partial charge < -0.3 is 15.0 Å². The van der Waals surface area contributed by atoms with Crippen molar-refractivity contribution in [3.8, 4) is 0 Å². The summed E-state index contributed by atoms with van der Waals surface area (Å²) < 4.78 is 5.29. The molecule has 0 spiro atoms. The topological polar surface area (TPSA) is 71.5 Å². The van der Waals surface area contributed by atoms with Crippen molar-refractivity contribution in [3.63, 3.8) is 0 Å². The molecule has 0 aliphatic heterocycles. The Morgan fingerprint density at radius 2 is 1.52 bits per heavy atom. The number of hydrogen-bond acceptors (Lipinski definition) is 5. The third-order valence-electron chi connectivity index (χ3n) is 5.13. The Bertz CT molecular complexity index is 1250. The summed E-state index contributed by atoms with van der Waals surface area (Å²) in [5, 5.41) is 4.25. The first-order chi connectivity index (χ1) is 16.0. The number of nitrogens with one attached hydrogen (secondary N) is 1. The largest absolute Gasteiger partial charge is 0.451 e. The van der Waals surface area contributed by atoms with Gasteiger partial charge in [-0.25, -0.2) is 9.78 Å². The molecule has 0 fully saturated rings.